The fourth-order valence-corrected chi connectivity index (χ4v) is 2.20. The number of hydrogen-bond acceptors (Lipinski definition) is 6. The lowest BCUT2D eigenvalue weighted by molar-refractivity contribution is 0.0377. The number of hydrogen-bond donors (Lipinski definition) is 1. The van der Waals surface area contributed by atoms with Gasteiger partial charge in [-0.15, -0.1) is 0 Å². The molecule has 7 nitrogen and oxygen atoms in total. The van der Waals surface area contributed by atoms with Crippen LogP contribution >= 0.6 is 0 Å². The van der Waals surface area contributed by atoms with E-state index < -0.39 is 0 Å². The molecular weight excluding hydrogens is 298 g/mol. The molecule has 0 bridgehead atoms. The smallest absolute Gasteiger partial charge is 0.294 e. The zero-order chi connectivity index (χ0) is 16.5. The van der Waals surface area contributed by atoms with Gasteiger partial charge in [-0.3, -0.25) is 15.0 Å². The minimum atomic E-state index is -0.359. The van der Waals surface area contributed by atoms with Crippen molar-refractivity contribution in [2.24, 2.45) is 4.99 Å². The predicted octanol–water partition coefficient (Wildman–Crippen LogP) is 1.51. The van der Waals surface area contributed by atoms with E-state index in [2.05, 4.69) is 15.2 Å². The summed E-state index contributed by atoms with van der Waals surface area (Å²) in [5, 5.41) is 2.65. The second kappa shape index (κ2) is 9.32. The average molecular weight is 323 g/mol. The molecule has 1 aliphatic heterocycles. The van der Waals surface area contributed by atoms with Crippen LogP contribution in [0.3, 0.4) is 0 Å². The van der Waals surface area contributed by atoms with Crippen LogP contribution < -0.4 is 5.32 Å². The average Bonchev–Trinajstić information content (AvgIpc) is 3.06. The number of carbonyl (C=O) groups excluding carboxylic acids is 1. The maximum Gasteiger partial charge on any atom is 0.294 e. The van der Waals surface area contributed by atoms with Crippen molar-refractivity contribution in [2.75, 3.05) is 39.4 Å². The van der Waals surface area contributed by atoms with Gasteiger partial charge in [-0.05, 0) is 32.4 Å². The van der Waals surface area contributed by atoms with Crippen molar-refractivity contribution in [1.29, 1.82) is 0 Å². The van der Waals surface area contributed by atoms with Crippen molar-refractivity contribution in [3.8, 4) is 0 Å². The number of aliphatic imine (C=N–C) groups is 1. The van der Waals surface area contributed by atoms with Crippen LogP contribution in [0, 0.1) is 0 Å². The topological polar surface area (TPSA) is 76.3 Å². The van der Waals surface area contributed by atoms with Gasteiger partial charge >= 0.3 is 0 Å². The number of ether oxygens (including phenoxy) is 2. The van der Waals surface area contributed by atoms with Crippen LogP contribution in [0.1, 0.15) is 30.8 Å². The number of carbonyl (C=O) groups is 1. The van der Waals surface area contributed by atoms with E-state index in [0.717, 1.165) is 39.3 Å². The third-order valence-electron chi connectivity index (χ3n) is 3.30. The van der Waals surface area contributed by atoms with E-state index >= 15 is 0 Å². The zero-order valence-corrected chi connectivity index (χ0v) is 13.8. The van der Waals surface area contributed by atoms with Crippen LogP contribution in [0.25, 0.3) is 0 Å². The number of rotatable bonds is 6. The summed E-state index contributed by atoms with van der Waals surface area (Å²) in [5.74, 6) is -0.124. The first-order valence-corrected chi connectivity index (χ1v) is 8.01. The molecule has 1 aromatic heterocycles. The molecule has 1 N–H and O–H groups in total. The molecule has 2 rings (SSSR count). The van der Waals surface area contributed by atoms with Crippen molar-refractivity contribution in [3.63, 3.8) is 0 Å². The quantitative estimate of drug-likeness (QED) is 0.488. The highest BCUT2D eigenvalue weighted by Crippen LogP contribution is 2.01. The van der Waals surface area contributed by atoms with E-state index in [1.165, 1.54) is 6.26 Å². The molecule has 7 heteroatoms. The summed E-state index contributed by atoms with van der Waals surface area (Å²) in [6.07, 6.45) is 2.30. The summed E-state index contributed by atoms with van der Waals surface area (Å²) in [5.41, 5.74) is 0. The Labute approximate surface area is 136 Å². The Balaban J connectivity index is 1.80. The Kier molecular flexibility index (Phi) is 7.09. The molecule has 0 radical (unpaired) electrons. The normalized spacial score (nSPS) is 16.6. The molecule has 1 amide bonds. The second-order valence-corrected chi connectivity index (χ2v) is 5.59. The van der Waals surface area contributed by atoms with Gasteiger partial charge in [-0.2, -0.15) is 0 Å². The molecule has 0 aliphatic carbocycles. The van der Waals surface area contributed by atoms with Gasteiger partial charge in [0.25, 0.3) is 11.9 Å². The fourth-order valence-electron chi connectivity index (χ4n) is 2.20. The van der Waals surface area contributed by atoms with Crippen LogP contribution in [0.4, 0.5) is 0 Å². The molecule has 23 heavy (non-hydrogen) atoms. The first kappa shape index (κ1) is 17.5. The van der Waals surface area contributed by atoms with Crippen LogP contribution in [-0.2, 0) is 9.47 Å². The minimum Gasteiger partial charge on any atom is -0.462 e. The van der Waals surface area contributed by atoms with E-state index in [0.29, 0.717) is 6.54 Å². The maximum atomic E-state index is 12.0. The van der Waals surface area contributed by atoms with Gasteiger partial charge in [0.05, 0.1) is 25.6 Å². The number of furan rings is 1. The number of amidine groups is 1. The summed E-state index contributed by atoms with van der Waals surface area (Å²) in [7, 11) is 0. The van der Waals surface area contributed by atoms with E-state index in [1.54, 1.807) is 12.1 Å². The molecule has 1 aliphatic rings. The largest absolute Gasteiger partial charge is 0.462 e. The Morgan fingerprint density at radius 1 is 1.43 bits per heavy atom. The zero-order valence-electron chi connectivity index (χ0n) is 13.8. The summed E-state index contributed by atoms with van der Waals surface area (Å²) in [6, 6.07) is 3.50. The Morgan fingerprint density at radius 3 is 2.87 bits per heavy atom. The highest BCUT2D eigenvalue weighted by atomic mass is 16.5. The molecular formula is C16H25N3O4. The van der Waals surface area contributed by atoms with E-state index in [1.807, 2.05) is 13.8 Å². The van der Waals surface area contributed by atoms with Crippen LogP contribution in [0.15, 0.2) is 27.8 Å². The van der Waals surface area contributed by atoms with Crippen molar-refractivity contribution in [2.45, 2.75) is 26.4 Å². The number of nitrogens with zero attached hydrogens (tertiary/aromatic N) is 2. The standard InChI is InChI=1S/C16H25N3O4/c1-13(2)23-16(18-15(20)14-5-3-10-22-14)17-6-4-7-19-8-11-21-12-9-19/h3,5,10,13H,4,6-9,11-12H2,1-2H3,(H,17,18,20). The fraction of sp³-hybridized carbons (Fsp3) is 0.625. The third kappa shape index (κ3) is 6.42. The molecule has 0 unspecified atom stereocenters. The minimum absolute atomic E-state index is 0.0649. The van der Waals surface area contributed by atoms with Gasteiger partial charge in [-0.25, -0.2) is 4.99 Å². The lowest BCUT2D eigenvalue weighted by atomic mass is 10.3. The van der Waals surface area contributed by atoms with Gasteiger partial charge in [0.15, 0.2) is 5.76 Å². The van der Waals surface area contributed by atoms with Crippen LogP contribution in [0.2, 0.25) is 0 Å². The lowest BCUT2D eigenvalue weighted by Gasteiger charge is -2.26. The Bertz CT molecular complexity index is 493. The SMILES string of the molecule is CC(C)OC(=NCCCN1CCOCC1)NC(=O)c1ccco1. The molecule has 1 fully saturated rings. The molecule has 2 heterocycles. The lowest BCUT2D eigenvalue weighted by Crippen LogP contribution is -2.37. The van der Waals surface area contributed by atoms with Crippen molar-refractivity contribution in [3.05, 3.63) is 24.2 Å². The molecule has 0 saturated carbocycles. The first-order valence-electron chi connectivity index (χ1n) is 8.01. The van der Waals surface area contributed by atoms with Crippen LogP contribution in [0.5, 0.6) is 0 Å². The first-order chi connectivity index (χ1) is 11.1. The molecule has 0 atom stereocenters. The second-order valence-electron chi connectivity index (χ2n) is 5.59. The summed E-state index contributed by atoms with van der Waals surface area (Å²) < 4.78 is 15.9. The molecule has 1 aromatic rings. The Morgan fingerprint density at radius 2 is 2.22 bits per heavy atom. The van der Waals surface area contributed by atoms with Gasteiger partial charge in [0.1, 0.15) is 0 Å². The van der Waals surface area contributed by atoms with E-state index in [9.17, 15) is 4.79 Å². The van der Waals surface area contributed by atoms with Crippen molar-refractivity contribution < 1.29 is 18.7 Å². The molecule has 1 saturated heterocycles. The van der Waals surface area contributed by atoms with Crippen molar-refractivity contribution in [1.82, 2.24) is 10.2 Å². The molecule has 0 spiro atoms. The molecule has 128 valence electrons. The summed E-state index contributed by atoms with van der Waals surface area (Å²) in [4.78, 5) is 18.7. The van der Waals surface area contributed by atoms with Gasteiger partial charge < -0.3 is 13.9 Å². The van der Waals surface area contributed by atoms with Gasteiger partial charge in [0, 0.05) is 26.2 Å². The predicted molar refractivity (Wildman–Crippen MR) is 86.6 cm³/mol. The Hall–Kier alpha value is -1.86. The molecule has 0 aromatic carbocycles. The van der Waals surface area contributed by atoms with Gasteiger partial charge in [-0.1, -0.05) is 0 Å². The van der Waals surface area contributed by atoms with Gasteiger partial charge in [0.2, 0.25) is 0 Å². The number of amides is 1. The monoisotopic (exact) mass is 323 g/mol. The van der Waals surface area contributed by atoms with Crippen molar-refractivity contribution >= 4 is 11.9 Å². The van der Waals surface area contributed by atoms with Crippen LogP contribution in [-0.4, -0.2) is 62.3 Å². The highest BCUT2D eigenvalue weighted by molar-refractivity contribution is 6.02. The maximum absolute atomic E-state index is 12.0. The van der Waals surface area contributed by atoms with E-state index in [-0.39, 0.29) is 23.8 Å². The number of nitrogens with one attached hydrogen (secondary N) is 1. The van der Waals surface area contributed by atoms with E-state index in [4.69, 9.17) is 13.9 Å². The third-order valence-corrected chi connectivity index (χ3v) is 3.30. The number of morpholine rings is 1. The highest BCUT2D eigenvalue weighted by Gasteiger charge is 2.14. The summed E-state index contributed by atoms with van der Waals surface area (Å²) in [6.45, 7) is 8.87. The summed E-state index contributed by atoms with van der Waals surface area (Å²) >= 11 is 0.